The van der Waals surface area contributed by atoms with Gasteiger partial charge < -0.3 is 15.2 Å². The molecule has 0 saturated carbocycles. The van der Waals surface area contributed by atoms with E-state index in [0.717, 1.165) is 27.3 Å². The maximum Gasteiger partial charge on any atom is 0.269 e. The maximum absolute atomic E-state index is 13.3. The van der Waals surface area contributed by atoms with E-state index in [2.05, 4.69) is 38.2 Å². The molecule has 0 fully saturated rings. The van der Waals surface area contributed by atoms with Crippen LogP contribution in [0.4, 0.5) is 11.4 Å². The summed E-state index contributed by atoms with van der Waals surface area (Å²) < 4.78 is 5.99. The number of fused-ring (bicyclic) bond motifs is 1. The molecule has 0 aliphatic rings. The molecule has 5 aromatic rings. The predicted octanol–water partition coefficient (Wildman–Crippen LogP) is 9.34. The molecule has 7 nitrogen and oxygen atoms in total. The average molecular weight is 579 g/mol. The Morgan fingerprint density at radius 2 is 1.50 bits per heavy atom. The smallest absolute Gasteiger partial charge is 0.269 e. The molecular formula is C34H30N2O5S. The molecule has 0 spiro atoms. The molecule has 0 aliphatic carbocycles. The van der Waals surface area contributed by atoms with Crippen molar-refractivity contribution in [3.05, 3.63) is 124 Å². The van der Waals surface area contributed by atoms with Crippen LogP contribution in [0.1, 0.15) is 43.1 Å². The SMILES string of the molecule is CCC(C)(C)c1ccc(Oc2ccc(NC(=O)c3cc(Sc4ccc([N+](=O)[O-])cc4)c4ccccc4c3O)cc2)cc1. The second-order valence-corrected chi connectivity index (χ2v) is 11.6. The second kappa shape index (κ2) is 12.0. The molecule has 8 heteroatoms. The minimum Gasteiger partial charge on any atom is -0.506 e. The molecule has 0 unspecified atom stereocenters. The first kappa shape index (κ1) is 28.7. The highest BCUT2D eigenvalue weighted by Gasteiger charge is 2.19. The first-order chi connectivity index (χ1) is 20.1. The van der Waals surface area contributed by atoms with Crippen LogP contribution in [-0.4, -0.2) is 15.9 Å². The Hall–Kier alpha value is -4.82. The molecule has 5 aromatic carbocycles. The number of ether oxygens (including phenoxy) is 1. The number of hydrogen-bond donors (Lipinski definition) is 2. The summed E-state index contributed by atoms with van der Waals surface area (Å²) in [7, 11) is 0. The van der Waals surface area contributed by atoms with Crippen LogP contribution >= 0.6 is 11.8 Å². The van der Waals surface area contributed by atoms with Gasteiger partial charge >= 0.3 is 0 Å². The fourth-order valence-electron chi connectivity index (χ4n) is 4.47. The van der Waals surface area contributed by atoms with Crippen molar-refractivity contribution in [2.75, 3.05) is 5.32 Å². The van der Waals surface area contributed by atoms with Crippen LogP contribution in [0.25, 0.3) is 10.8 Å². The van der Waals surface area contributed by atoms with Crippen LogP contribution in [0.5, 0.6) is 17.2 Å². The van der Waals surface area contributed by atoms with E-state index in [1.54, 1.807) is 54.6 Å². The first-order valence-electron chi connectivity index (χ1n) is 13.5. The number of amides is 1. The lowest BCUT2D eigenvalue weighted by atomic mass is 9.82. The number of hydrogen-bond acceptors (Lipinski definition) is 6. The highest BCUT2D eigenvalue weighted by Crippen LogP contribution is 2.40. The lowest BCUT2D eigenvalue weighted by Gasteiger charge is -2.23. The van der Waals surface area contributed by atoms with Gasteiger partial charge in [0.1, 0.15) is 17.2 Å². The number of non-ortho nitro benzene ring substituents is 1. The number of carbonyl (C=O) groups excluding carboxylic acids is 1. The van der Waals surface area contributed by atoms with E-state index >= 15 is 0 Å². The summed E-state index contributed by atoms with van der Waals surface area (Å²) in [6, 6.07) is 30.2. The summed E-state index contributed by atoms with van der Waals surface area (Å²) in [5, 5.41) is 26.2. The number of anilines is 1. The Bertz CT molecular complexity index is 1750. The molecule has 5 rings (SSSR count). The number of nitro groups is 1. The van der Waals surface area contributed by atoms with Crippen molar-refractivity contribution >= 4 is 39.8 Å². The van der Waals surface area contributed by atoms with Crippen molar-refractivity contribution in [3.63, 3.8) is 0 Å². The Labute approximate surface area is 248 Å². The molecule has 1 amide bonds. The van der Waals surface area contributed by atoms with Crippen LogP contribution in [0.2, 0.25) is 0 Å². The number of nitrogens with zero attached hydrogens (tertiary/aromatic N) is 1. The van der Waals surface area contributed by atoms with Gasteiger partial charge in [-0.2, -0.15) is 0 Å². The van der Waals surface area contributed by atoms with Crippen LogP contribution in [0, 0.1) is 10.1 Å². The number of carbonyl (C=O) groups is 1. The number of phenols is 1. The van der Waals surface area contributed by atoms with Crippen molar-refractivity contribution in [2.45, 2.75) is 42.4 Å². The lowest BCUT2D eigenvalue weighted by Crippen LogP contribution is -2.14. The maximum atomic E-state index is 13.3. The van der Waals surface area contributed by atoms with Gasteiger partial charge in [0.2, 0.25) is 0 Å². The molecule has 0 atom stereocenters. The van der Waals surface area contributed by atoms with Gasteiger partial charge in [-0.3, -0.25) is 14.9 Å². The first-order valence-corrected chi connectivity index (χ1v) is 14.3. The zero-order valence-corrected chi connectivity index (χ0v) is 24.3. The van der Waals surface area contributed by atoms with E-state index in [-0.39, 0.29) is 22.4 Å². The van der Waals surface area contributed by atoms with Gasteiger partial charge in [0.25, 0.3) is 11.6 Å². The van der Waals surface area contributed by atoms with Gasteiger partial charge in [-0.25, -0.2) is 0 Å². The second-order valence-electron chi connectivity index (χ2n) is 10.5. The Balaban J connectivity index is 1.34. The number of phenolic OH excluding ortho intramolecular Hbond substituents is 1. The third kappa shape index (κ3) is 6.24. The van der Waals surface area contributed by atoms with Gasteiger partial charge in [0.05, 0.1) is 10.5 Å². The molecular weight excluding hydrogens is 548 g/mol. The Morgan fingerprint density at radius 1 is 0.905 bits per heavy atom. The van der Waals surface area contributed by atoms with Gasteiger partial charge in [-0.05, 0) is 77.4 Å². The number of nitro benzene ring substituents is 1. The Morgan fingerprint density at radius 3 is 2.10 bits per heavy atom. The standard InChI is InChI=1S/C34H30N2O5S/c1-4-34(2,3)22-9-15-25(16-10-22)41-26-17-11-23(12-18-26)35-33(38)30-21-31(28-7-5-6-8-29(28)32(30)37)42-27-19-13-24(14-20-27)36(39)40/h5-21,37H,4H2,1-3H3,(H,35,38). The van der Waals surface area contributed by atoms with E-state index in [4.69, 9.17) is 4.74 Å². The average Bonchev–Trinajstić information content (AvgIpc) is 3.00. The van der Waals surface area contributed by atoms with Crippen LogP contribution in [0.15, 0.2) is 113 Å². The molecule has 42 heavy (non-hydrogen) atoms. The van der Waals surface area contributed by atoms with E-state index < -0.39 is 10.8 Å². The van der Waals surface area contributed by atoms with Crippen molar-refractivity contribution < 1.29 is 19.6 Å². The van der Waals surface area contributed by atoms with Crippen molar-refractivity contribution in [2.24, 2.45) is 0 Å². The minimum atomic E-state index is -0.466. The van der Waals surface area contributed by atoms with Gasteiger partial charge in [0.15, 0.2) is 0 Å². The molecule has 0 saturated heterocycles. The molecule has 0 bridgehead atoms. The van der Waals surface area contributed by atoms with E-state index in [1.165, 1.54) is 29.5 Å². The van der Waals surface area contributed by atoms with Crippen molar-refractivity contribution in [3.8, 4) is 17.2 Å². The molecule has 0 heterocycles. The molecule has 0 aromatic heterocycles. The number of rotatable bonds is 9. The van der Waals surface area contributed by atoms with Crippen LogP contribution in [-0.2, 0) is 5.41 Å². The number of aromatic hydroxyl groups is 1. The normalized spacial score (nSPS) is 11.3. The number of benzene rings is 5. The third-order valence-electron chi connectivity index (χ3n) is 7.37. The number of nitrogens with one attached hydrogen (secondary N) is 1. The lowest BCUT2D eigenvalue weighted by molar-refractivity contribution is -0.384. The summed E-state index contributed by atoms with van der Waals surface area (Å²) in [5.74, 6) is 0.768. The fraction of sp³-hybridized carbons (Fsp3) is 0.147. The van der Waals surface area contributed by atoms with Crippen LogP contribution in [0.3, 0.4) is 0 Å². The van der Waals surface area contributed by atoms with Gasteiger partial charge in [0, 0.05) is 33.0 Å². The van der Waals surface area contributed by atoms with E-state index in [9.17, 15) is 20.0 Å². The minimum absolute atomic E-state index is 0.000298. The zero-order chi connectivity index (χ0) is 29.9. The predicted molar refractivity (Wildman–Crippen MR) is 167 cm³/mol. The molecule has 0 radical (unpaired) electrons. The Kier molecular flexibility index (Phi) is 8.17. The summed E-state index contributed by atoms with van der Waals surface area (Å²) in [6.07, 6.45) is 1.04. The summed E-state index contributed by atoms with van der Waals surface area (Å²) in [4.78, 5) is 25.4. The fourth-order valence-corrected chi connectivity index (χ4v) is 5.46. The topological polar surface area (TPSA) is 102 Å². The summed E-state index contributed by atoms with van der Waals surface area (Å²) >= 11 is 1.36. The van der Waals surface area contributed by atoms with E-state index in [0.29, 0.717) is 16.8 Å². The summed E-state index contributed by atoms with van der Waals surface area (Å²) in [5.41, 5.74) is 2.02. The monoisotopic (exact) mass is 578 g/mol. The zero-order valence-electron chi connectivity index (χ0n) is 23.5. The summed E-state index contributed by atoms with van der Waals surface area (Å²) in [6.45, 7) is 6.60. The van der Waals surface area contributed by atoms with Crippen molar-refractivity contribution in [1.82, 2.24) is 0 Å². The van der Waals surface area contributed by atoms with Gasteiger partial charge in [-0.15, -0.1) is 0 Å². The largest absolute Gasteiger partial charge is 0.506 e. The van der Waals surface area contributed by atoms with Crippen molar-refractivity contribution in [1.29, 1.82) is 0 Å². The third-order valence-corrected chi connectivity index (χ3v) is 8.43. The molecule has 2 N–H and O–H groups in total. The quantitative estimate of drug-likeness (QED) is 0.133. The van der Waals surface area contributed by atoms with Crippen LogP contribution < -0.4 is 10.1 Å². The molecule has 212 valence electrons. The highest BCUT2D eigenvalue weighted by atomic mass is 32.2. The van der Waals surface area contributed by atoms with Gasteiger partial charge in [-0.1, -0.05) is 68.9 Å². The molecule has 0 aliphatic heterocycles. The highest BCUT2D eigenvalue weighted by molar-refractivity contribution is 7.99. The van der Waals surface area contributed by atoms with E-state index in [1.807, 2.05) is 24.3 Å².